The van der Waals surface area contributed by atoms with Gasteiger partial charge in [0.1, 0.15) is 10.8 Å². The number of rotatable bonds is 7. The van der Waals surface area contributed by atoms with Crippen molar-refractivity contribution in [3.05, 3.63) is 70.5 Å². The van der Waals surface area contributed by atoms with Gasteiger partial charge in [0, 0.05) is 36.6 Å². The van der Waals surface area contributed by atoms with Crippen molar-refractivity contribution in [1.82, 2.24) is 9.80 Å². The second-order valence-electron chi connectivity index (χ2n) is 7.80. The normalized spacial score (nSPS) is 16.2. The molecule has 1 N–H and O–H groups in total. The first-order valence-corrected chi connectivity index (χ1v) is 11.4. The van der Waals surface area contributed by atoms with Crippen LogP contribution in [0.5, 0.6) is 5.75 Å². The molecule has 1 atom stereocenters. The van der Waals surface area contributed by atoms with Crippen molar-refractivity contribution >= 4 is 22.2 Å². The summed E-state index contributed by atoms with van der Waals surface area (Å²) in [5, 5.41) is 3.99. The first kappa shape index (κ1) is 21.6. The molecule has 1 aliphatic rings. The molecule has 164 valence electrons. The van der Waals surface area contributed by atoms with Crippen LogP contribution in [0.25, 0.3) is 0 Å². The Morgan fingerprint density at radius 3 is 2.68 bits per heavy atom. The number of thiophene rings is 1. The van der Waals surface area contributed by atoms with Crippen LogP contribution in [0.4, 0.5) is 5.00 Å². The Morgan fingerprint density at radius 2 is 2.00 bits per heavy atom. The molecule has 0 aliphatic carbocycles. The maximum absolute atomic E-state index is 12.8. The van der Waals surface area contributed by atoms with Crippen molar-refractivity contribution in [2.75, 3.05) is 45.7 Å². The van der Waals surface area contributed by atoms with Gasteiger partial charge in [-0.25, -0.2) is 0 Å². The van der Waals surface area contributed by atoms with Crippen LogP contribution >= 0.6 is 11.3 Å². The Hall–Kier alpha value is -2.61. The number of carbonyl (C=O) groups is 1. The molecule has 0 unspecified atom stereocenters. The highest BCUT2D eigenvalue weighted by Crippen LogP contribution is 2.40. The fourth-order valence-electron chi connectivity index (χ4n) is 3.98. The minimum absolute atomic E-state index is 0.0345. The number of nitrogens with zero attached hydrogens (tertiary/aromatic N) is 2. The lowest BCUT2D eigenvalue weighted by molar-refractivity contribution is 0.0996. The number of hydrogen-bond acceptors (Lipinski definition) is 6. The van der Waals surface area contributed by atoms with E-state index in [1.165, 1.54) is 11.1 Å². The third-order valence-corrected chi connectivity index (χ3v) is 6.95. The zero-order chi connectivity index (χ0) is 21.8. The summed E-state index contributed by atoms with van der Waals surface area (Å²) in [7, 11) is 3.85. The highest BCUT2D eigenvalue weighted by Gasteiger charge is 2.30. The van der Waals surface area contributed by atoms with Gasteiger partial charge in [0.2, 0.25) is 0 Å². The van der Waals surface area contributed by atoms with E-state index in [-0.39, 0.29) is 11.9 Å². The molecule has 3 heterocycles. The Bertz CT molecular complexity index is 1010. The molecule has 4 rings (SSSR count). The summed E-state index contributed by atoms with van der Waals surface area (Å²) in [6.07, 6.45) is 2.44. The highest BCUT2D eigenvalue weighted by molar-refractivity contribution is 7.16. The van der Waals surface area contributed by atoms with Gasteiger partial charge in [0.05, 0.1) is 19.4 Å². The monoisotopic (exact) mass is 439 g/mol. The standard InChI is InChI=1S/C24H29N3O3S/c1-4-19-16-20(24(31-19)25-23(28)21-9-6-14-30-21)22(27-12-10-26(2)11-13-27)17-7-5-8-18(15-17)29-3/h5-9,14-16,22H,4,10-13H2,1-3H3,(H,25,28)/t22-/m0/s1. The SMILES string of the molecule is CCc1cc([C@H](c2cccc(OC)c2)N2CCN(C)CC2)c(NC(=O)c2ccco2)s1. The Labute approximate surface area is 187 Å². The maximum Gasteiger partial charge on any atom is 0.291 e. The van der Waals surface area contributed by atoms with E-state index < -0.39 is 0 Å². The average molecular weight is 440 g/mol. The lowest BCUT2D eigenvalue weighted by Crippen LogP contribution is -2.46. The van der Waals surface area contributed by atoms with Gasteiger partial charge in [-0.1, -0.05) is 19.1 Å². The Kier molecular flexibility index (Phi) is 6.75. The molecule has 6 nitrogen and oxygen atoms in total. The highest BCUT2D eigenvalue weighted by atomic mass is 32.1. The molecule has 0 spiro atoms. The molecule has 1 fully saturated rings. The molecule has 1 amide bonds. The zero-order valence-electron chi connectivity index (χ0n) is 18.3. The van der Waals surface area contributed by atoms with Gasteiger partial charge in [-0.05, 0) is 49.4 Å². The number of benzene rings is 1. The van der Waals surface area contributed by atoms with Crippen LogP contribution < -0.4 is 10.1 Å². The number of furan rings is 1. The molecule has 0 bridgehead atoms. The van der Waals surface area contributed by atoms with Crippen LogP contribution in [0.2, 0.25) is 0 Å². The predicted molar refractivity (Wildman–Crippen MR) is 124 cm³/mol. The largest absolute Gasteiger partial charge is 0.497 e. The van der Waals surface area contributed by atoms with Crippen molar-refractivity contribution in [3.8, 4) is 5.75 Å². The summed E-state index contributed by atoms with van der Waals surface area (Å²) in [6, 6.07) is 13.9. The summed E-state index contributed by atoms with van der Waals surface area (Å²) in [6.45, 7) is 6.09. The van der Waals surface area contributed by atoms with Gasteiger partial charge >= 0.3 is 0 Å². The number of aryl methyl sites for hydroxylation is 1. The van der Waals surface area contributed by atoms with Crippen LogP contribution in [0, 0.1) is 0 Å². The van der Waals surface area contributed by atoms with Gasteiger partial charge in [-0.15, -0.1) is 11.3 Å². The molecule has 0 radical (unpaired) electrons. The summed E-state index contributed by atoms with van der Waals surface area (Å²) in [5.41, 5.74) is 2.29. The van der Waals surface area contributed by atoms with Gasteiger partial charge in [0.15, 0.2) is 5.76 Å². The van der Waals surface area contributed by atoms with Gasteiger partial charge in [-0.3, -0.25) is 9.69 Å². The van der Waals surface area contributed by atoms with Crippen LogP contribution in [-0.2, 0) is 6.42 Å². The maximum atomic E-state index is 12.8. The minimum atomic E-state index is -0.224. The van der Waals surface area contributed by atoms with Crippen molar-refractivity contribution in [2.45, 2.75) is 19.4 Å². The number of anilines is 1. The lowest BCUT2D eigenvalue weighted by Gasteiger charge is -2.38. The molecular weight excluding hydrogens is 410 g/mol. The van der Waals surface area contributed by atoms with Crippen molar-refractivity contribution in [3.63, 3.8) is 0 Å². The summed E-state index contributed by atoms with van der Waals surface area (Å²) in [5.74, 6) is 0.928. The van der Waals surface area contributed by atoms with Crippen molar-refractivity contribution in [1.29, 1.82) is 0 Å². The van der Waals surface area contributed by atoms with E-state index in [1.54, 1.807) is 30.6 Å². The number of piperazine rings is 1. The second kappa shape index (κ2) is 9.68. The van der Waals surface area contributed by atoms with E-state index in [0.29, 0.717) is 5.76 Å². The van der Waals surface area contributed by atoms with E-state index in [4.69, 9.17) is 9.15 Å². The number of amides is 1. The average Bonchev–Trinajstić information content (AvgIpc) is 3.46. The minimum Gasteiger partial charge on any atom is -0.497 e. The molecule has 31 heavy (non-hydrogen) atoms. The third kappa shape index (κ3) is 4.84. The third-order valence-electron chi connectivity index (χ3n) is 5.74. The summed E-state index contributed by atoms with van der Waals surface area (Å²) < 4.78 is 10.8. The smallest absolute Gasteiger partial charge is 0.291 e. The molecule has 0 saturated carbocycles. The number of methoxy groups -OCH3 is 1. The van der Waals surface area contributed by atoms with Gasteiger partial charge in [-0.2, -0.15) is 0 Å². The molecule has 3 aromatic rings. The number of carbonyl (C=O) groups excluding carboxylic acids is 1. The van der Waals surface area contributed by atoms with Crippen LogP contribution in [0.15, 0.2) is 53.1 Å². The first-order chi connectivity index (χ1) is 15.1. The molecular formula is C24H29N3O3S. The summed E-state index contributed by atoms with van der Waals surface area (Å²) in [4.78, 5) is 18.9. The number of hydrogen-bond donors (Lipinski definition) is 1. The van der Waals surface area contributed by atoms with E-state index in [2.05, 4.69) is 47.3 Å². The van der Waals surface area contributed by atoms with E-state index in [1.807, 2.05) is 12.1 Å². The zero-order valence-corrected chi connectivity index (χ0v) is 19.1. The van der Waals surface area contributed by atoms with E-state index in [0.717, 1.165) is 54.5 Å². The van der Waals surface area contributed by atoms with E-state index in [9.17, 15) is 4.79 Å². The van der Waals surface area contributed by atoms with Gasteiger partial charge in [0.25, 0.3) is 5.91 Å². The molecule has 2 aromatic heterocycles. The number of likely N-dealkylation sites (N-methyl/N-ethyl adjacent to an activating group) is 1. The topological polar surface area (TPSA) is 58.0 Å². The molecule has 1 saturated heterocycles. The summed E-state index contributed by atoms with van der Waals surface area (Å²) >= 11 is 1.64. The number of nitrogens with one attached hydrogen (secondary N) is 1. The Balaban J connectivity index is 1.74. The molecule has 7 heteroatoms. The fraction of sp³-hybridized carbons (Fsp3) is 0.375. The lowest BCUT2D eigenvalue weighted by atomic mass is 9.97. The van der Waals surface area contributed by atoms with E-state index >= 15 is 0 Å². The first-order valence-electron chi connectivity index (χ1n) is 10.6. The molecule has 1 aliphatic heterocycles. The van der Waals surface area contributed by atoms with Crippen molar-refractivity contribution < 1.29 is 13.9 Å². The molecule has 1 aromatic carbocycles. The quantitative estimate of drug-likeness (QED) is 0.587. The van der Waals surface area contributed by atoms with Gasteiger partial charge < -0.3 is 19.4 Å². The fourth-order valence-corrected chi connectivity index (χ4v) is 5.01. The van der Waals surface area contributed by atoms with Crippen LogP contribution in [0.1, 0.15) is 39.5 Å². The van der Waals surface area contributed by atoms with Crippen LogP contribution in [-0.4, -0.2) is 56.0 Å². The van der Waals surface area contributed by atoms with Crippen molar-refractivity contribution in [2.24, 2.45) is 0 Å². The Morgan fingerprint density at radius 1 is 1.19 bits per heavy atom. The van der Waals surface area contributed by atoms with Crippen LogP contribution in [0.3, 0.4) is 0 Å². The second-order valence-corrected chi connectivity index (χ2v) is 8.94. The number of ether oxygens (including phenoxy) is 1. The predicted octanol–water partition coefficient (Wildman–Crippen LogP) is 4.50.